The number of benzene rings is 2. The highest BCUT2D eigenvalue weighted by molar-refractivity contribution is 6.39. The molecule has 1 amide bonds. The minimum absolute atomic E-state index is 0.165. The zero-order valence-corrected chi connectivity index (χ0v) is 30.3. The van der Waals surface area contributed by atoms with E-state index in [2.05, 4.69) is 20.9 Å². The Kier molecular flexibility index (Phi) is 10.1. The molecule has 0 unspecified atom stereocenters. The normalized spacial score (nSPS) is 18.0. The van der Waals surface area contributed by atoms with E-state index >= 15 is 0 Å². The van der Waals surface area contributed by atoms with E-state index < -0.39 is 0 Å². The summed E-state index contributed by atoms with van der Waals surface area (Å²) in [6, 6.07) is 17.9. The van der Waals surface area contributed by atoms with E-state index in [-0.39, 0.29) is 17.4 Å². The first kappa shape index (κ1) is 34.7. The number of ether oxygens (including phenoxy) is 2. The van der Waals surface area contributed by atoms with Gasteiger partial charge in [0.2, 0.25) is 11.8 Å². The minimum Gasteiger partial charge on any atom is -0.496 e. The van der Waals surface area contributed by atoms with E-state index in [0.29, 0.717) is 33.9 Å². The van der Waals surface area contributed by atoms with Crippen molar-refractivity contribution >= 4 is 29.1 Å². The Hall–Kier alpha value is -3.73. The Morgan fingerprint density at radius 1 is 0.880 bits per heavy atom. The summed E-state index contributed by atoms with van der Waals surface area (Å²) < 4.78 is 11.6. The molecular weight excluding hydrogens is 673 g/mol. The van der Waals surface area contributed by atoms with E-state index in [9.17, 15) is 9.90 Å². The van der Waals surface area contributed by atoms with Gasteiger partial charge in [-0.05, 0) is 37.5 Å². The Morgan fingerprint density at radius 3 is 2.32 bits per heavy atom. The third kappa shape index (κ3) is 6.94. The number of likely N-dealkylation sites (tertiary alicyclic amines) is 3. The average Bonchev–Trinajstić information content (AvgIpc) is 3.56. The Morgan fingerprint density at radius 2 is 1.60 bits per heavy atom. The molecule has 0 aliphatic carbocycles. The molecule has 3 fully saturated rings. The number of amides is 1. The summed E-state index contributed by atoms with van der Waals surface area (Å²) in [5, 5.41) is 10.9. The lowest BCUT2D eigenvalue weighted by Gasteiger charge is -2.48. The number of methoxy groups -OCH3 is 2. The Balaban J connectivity index is 1.10. The van der Waals surface area contributed by atoms with E-state index in [1.54, 1.807) is 27.3 Å². The van der Waals surface area contributed by atoms with Crippen LogP contribution in [0.1, 0.15) is 37.3 Å². The first-order valence-electron chi connectivity index (χ1n) is 17.2. The van der Waals surface area contributed by atoms with Crippen molar-refractivity contribution in [1.82, 2.24) is 24.7 Å². The van der Waals surface area contributed by atoms with Gasteiger partial charge in [0, 0.05) is 104 Å². The number of piperidine rings is 1. The maximum atomic E-state index is 11.8. The van der Waals surface area contributed by atoms with Crippen LogP contribution in [0.5, 0.6) is 11.6 Å². The SMILES string of the molecule is COc1cc(-c2nccc(-c3cccc(-c4ccc(CN5CCC(O)CC5)c(OC)n4)c3Cl)c2Cl)ccc1CN1CC2(CCN(C(C)=O)C2)C1. The van der Waals surface area contributed by atoms with Crippen molar-refractivity contribution in [2.24, 2.45) is 5.41 Å². The second-order valence-corrected chi connectivity index (χ2v) is 14.7. The summed E-state index contributed by atoms with van der Waals surface area (Å²) in [5.41, 5.74) is 6.82. The lowest BCUT2D eigenvalue weighted by atomic mass is 9.79. The van der Waals surface area contributed by atoms with Gasteiger partial charge in [0.15, 0.2) is 0 Å². The van der Waals surface area contributed by atoms with Crippen molar-refractivity contribution in [1.29, 1.82) is 0 Å². The molecule has 11 heteroatoms. The fraction of sp³-hybridized carbons (Fsp3) is 0.410. The molecule has 262 valence electrons. The standard InChI is InChI=1S/C39H43Cl2N5O4/c1-25(47)46-18-14-39(24-46)22-45(23-39)20-27-8-7-26(19-34(27)49-2)37-36(41)31(11-15-42-37)30-5-4-6-32(35(30)40)33-10-9-28(38(43-33)50-3)21-44-16-12-29(48)13-17-44/h4-11,15,19,29,48H,12-14,16-18,20-24H2,1-3H3. The van der Waals surface area contributed by atoms with Gasteiger partial charge in [0.05, 0.1) is 41.8 Å². The molecule has 5 heterocycles. The van der Waals surface area contributed by atoms with Gasteiger partial charge in [0.25, 0.3) is 0 Å². The third-order valence-electron chi connectivity index (χ3n) is 10.5. The fourth-order valence-electron chi connectivity index (χ4n) is 7.77. The van der Waals surface area contributed by atoms with E-state index in [1.165, 1.54) is 0 Å². The molecule has 3 aliphatic heterocycles. The Bertz CT molecular complexity index is 1890. The molecule has 0 bridgehead atoms. The fourth-order valence-corrected chi connectivity index (χ4v) is 8.41. The minimum atomic E-state index is -0.218. The molecule has 2 aromatic carbocycles. The highest BCUT2D eigenvalue weighted by atomic mass is 35.5. The smallest absolute Gasteiger partial charge is 0.219 e. The number of nitrogens with zero attached hydrogens (tertiary/aromatic N) is 5. The molecule has 9 nitrogen and oxygen atoms in total. The molecule has 1 N–H and O–H groups in total. The molecule has 7 rings (SSSR count). The van der Waals surface area contributed by atoms with Crippen LogP contribution in [0, 0.1) is 5.41 Å². The van der Waals surface area contributed by atoms with E-state index in [1.807, 2.05) is 53.4 Å². The van der Waals surface area contributed by atoms with Crippen LogP contribution in [0.3, 0.4) is 0 Å². The van der Waals surface area contributed by atoms with Crippen LogP contribution in [0.2, 0.25) is 10.0 Å². The Labute approximate surface area is 303 Å². The van der Waals surface area contributed by atoms with Gasteiger partial charge in [-0.15, -0.1) is 0 Å². The van der Waals surface area contributed by atoms with Gasteiger partial charge in [-0.2, -0.15) is 0 Å². The van der Waals surface area contributed by atoms with Crippen LogP contribution in [-0.4, -0.2) is 95.3 Å². The number of aromatic nitrogens is 2. The van der Waals surface area contributed by atoms with Crippen molar-refractivity contribution in [3.05, 3.63) is 82.0 Å². The number of carbonyl (C=O) groups excluding carboxylic acids is 1. The van der Waals surface area contributed by atoms with Crippen molar-refractivity contribution < 1.29 is 19.4 Å². The largest absolute Gasteiger partial charge is 0.496 e. The van der Waals surface area contributed by atoms with E-state index in [0.717, 1.165) is 104 Å². The van der Waals surface area contributed by atoms with Crippen molar-refractivity contribution in [2.75, 3.05) is 53.5 Å². The third-order valence-corrected chi connectivity index (χ3v) is 11.3. The molecule has 1 spiro atoms. The van der Waals surface area contributed by atoms with Crippen molar-refractivity contribution in [2.45, 2.75) is 45.4 Å². The summed E-state index contributed by atoms with van der Waals surface area (Å²) in [6.07, 6.45) is 4.15. The van der Waals surface area contributed by atoms with Crippen LogP contribution < -0.4 is 9.47 Å². The molecule has 3 aliphatic rings. The number of hydrogen-bond acceptors (Lipinski definition) is 8. The number of carbonyl (C=O) groups is 1. The van der Waals surface area contributed by atoms with Crippen LogP contribution in [0.15, 0.2) is 60.8 Å². The molecule has 0 saturated carbocycles. The number of rotatable bonds is 9. The lowest BCUT2D eigenvalue weighted by Crippen LogP contribution is -2.57. The quantitative estimate of drug-likeness (QED) is 0.202. The molecule has 0 atom stereocenters. The summed E-state index contributed by atoms with van der Waals surface area (Å²) in [5.74, 6) is 1.51. The van der Waals surface area contributed by atoms with Crippen molar-refractivity contribution in [3.8, 4) is 45.3 Å². The number of aliphatic hydroxyl groups is 1. The molecule has 4 aromatic rings. The number of hydrogen-bond donors (Lipinski definition) is 1. The lowest BCUT2D eigenvalue weighted by molar-refractivity contribution is -0.128. The van der Waals surface area contributed by atoms with Gasteiger partial charge >= 0.3 is 0 Å². The van der Waals surface area contributed by atoms with Gasteiger partial charge in [-0.3, -0.25) is 19.6 Å². The molecule has 2 aromatic heterocycles. The maximum absolute atomic E-state index is 11.8. The molecule has 0 radical (unpaired) electrons. The molecular formula is C39H43Cl2N5O4. The zero-order chi connectivity index (χ0) is 35.0. The predicted octanol–water partition coefficient (Wildman–Crippen LogP) is 6.81. The summed E-state index contributed by atoms with van der Waals surface area (Å²) in [4.78, 5) is 28.1. The second-order valence-electron chi connectivity index (χ2n) is 13.9. The highest BCUT2D eigenvalue weighted by Gasteiger charge is 2.48. The van der Waals surface area contributed by atoms with Gasteiger partial charge in [0.1, 0.15) is 5.75 Å². The number of aliphatic hydroxyl groups excluding tert-OH is 1. The summed E-state index contributed by atoms with van der Waals surface area (Å²) in [7, 11) is 3.32. The maximum Gasteiger partial charge on any atom is 0.219 e. The monoisotopic (exact) mass is 715 g/mol. The van der Waals surface area contributed by atoms with E-state index in [4.69, 9.17) is 37.7 Å². The first-order valence-corrected chi connectivity index (χ1v) is 18.0. The van der Waals surface area contributed by atoms with Crippen LogP contribution in [0.4, 0.5) is 0 Å². The van der Waals surface area contributed by atoms with Gasteiger partial charge in [-0.1, -0.05) is 59.6 Å². The van der Waals surface area contributed by atoms with Crippen LogP contribution in [0.25, 0.3) is 33.6 Å². The highest BCUT2D eigenvalue weighted by Crippen LogP contribution is 2.44. The number of halogens is 2. The summed E-state index contributed by atoms with van der Waals surface area (Å²) in [6.45, 7) is 8.49. The van der Waals surface area contributed by atoms with Crippen LogP contribution >= 0.6 is 23.2 Å². The van der Waals surface area contributed by atoms with Crippen molar-refractivity contribution in [3.63, 3.8) is 0 Å². The molecule has 50 heavy (non-hydrogen) atoms. The first-order chi connectivity index (χ1) is 24.2. The number of pyridine rings is 2. The van der Waals surface area contributed by atoms with Gasteiger partial charge < -0.3 is 19.5 Å². The predicted molar refractivity (Wildman–Crippen MR) is 197 cm³/mol. The average molecular weight is 717 g/mol. The summed E-state index contributed by atoms with van der Waals surface area (Å²) >= 11 is 14.2. The topological polar surface area (TPSA) is 91.3 Å². The second kappa shape index (κ2) is 14.5. The zero-order valence-electron chi connectivity index (χ0n) is 28.8. The molecule has 3 saturated heterocycles. The van der Waals surface area contributed by atoms with Gasteiger partial charge in [-0.25, -0.2) is 4.98 Å². The van der Waals surface area contributed by atoms with Crippen LogP contribution in [-0.2, 0) is 17.9 Å².